The Balaban J connectivity index is 2.30. The van der Waals surface area contributed by atoms with Crippen molar-refractivity contribution in [2.45, 2.75) is 32.9 Å². The molecule has 0 atom stereocenters. The first-order valence-electron chi connectivity index (χ1n) is 7.24. The van der Waals surface area contributed by atoms with Crippen LogP contribution in [0.1, 0.15) is 31.9 Å². The summed E-state index contributed by atoms with van der Waals surface area (Å²) in [4.78, 5) is 0. The molecule has 0 saturated carbocycles. The van der Waals surface area contributed by atoms with Gasteiger partial charge in [-0.2, -0.15) is 0 Å². The monoisotopic (exact) mass is 285 g/mol. The molecule has 0 saturated heterocycles. The van der Waals surface area contributed by atoms with Crippen molar-refractivity contribution in [3.63, 3.8) is 0 Å². The molecular weight excluding hydrogens is 262 g/mol. The van der Waals surface area contributed by atoms with Crippen LogP contribution >= 0.6 is 0 Å². The Morgan fingerprint density at radius 3 is 2.29 bits per heavy atom. The van der Waals surface area contributed by atoms with Gasteiger partial charge >= 0.3 is 0 Å². The Labute approximate surface area is 126 Å². The molecule has 0 bridgehead atoms. The van der Waals surface area contributed by atoms with E-state index in [1.165, 1.54) is 0 Å². The molecule has 0 aliphatic rings. The third kappa shape index (κ3) is 3.99. The molecule has 0 fully saturated rings. The molecule has 0 aliphatic carbocycles. The highest BCUT2D eigenvalue weighted by molar-refractivity contribution is 5.49. The molecule has 0 aromatic heterocycles. The van der Waals surface area contributed by atoms with Crippen molar-refractivity contribution < 1.29 is 9.47 Å². The van der Waals surface area contributed by atoms with Crippen molar-refractivity contribution in [1.29, 1.82) is 0 Å². The first-order chi connectivity index (χ1) is 10.0. The summed E-state index contributed by atoms with van der Waals surface area (Å²) >= 11 is 0. The van der Waals surface area contributed by atoms with E-state index in [2.05, 4.69) is 0 Å². The summed E-state index contributed by atoms with van der Waals surface area (Å²) in [5, 5.41) is 0. The fourth-order valence-electron chi connectivity index (χ4n) is 2.17. The maximum atomic E-state index is 6.26. The summed E-state index contributed by atoms with van der Waals surface area (Å²) in [5.41, 5.74) is 7.83. The van der Waals surface area contributed by atoms with Gasteiger partial charge in [-0.25, -0.2) is 0 Å². The number of rotatable bonds is 6. The Morgan fingerprint density at radius 2 is 1.67 bits per heavy atom. The predicted octanol–water partition coefficient (Wildman–Crippen LogP) is 3.86. The molecule has 2 rings (SSSR count). The lowest BCUT2D eigenvalue weighted by atomic mass is 9.94. The van der Waals surface area contributed by atoms with E-state index >= 15 is 0 Å². The summed E-state index contributed by atoms with van der Waals surface area (Å²) in [6.07, 6.45) is 0. The van der Waals surface area contributed by atoms with Crippen LogP contribution in [0.2, 0.25) is 0 Å². The highest BCUT2D eigenvalue weighted by Crippen LogP contribution is 2.37. The Bertz CT molecular complexity index is 574. The summed E-state index contributed by atoms with van der Waals surface area (Å²) < 4.78 is 11.7. The zero-order chi connectivity index (χ0) is 15.3. The van der Waals surface area contributed by atoms with E-state index in [9.17, 15) is 0 Å². The normalized spacial score (nSPS) is 11.2. The second kappa shape index (κ2) is 6.64. The number of para-hydroxylation sites is 1. The first-order valence-corrected chi connectivity index (χ1v) is 7.24. The fraction of sp³-hybridized carbons (Fsp3) is 0.333. The molecule has 3 heteroatoms. The van der Waals surface area contributed by atoms with Crippen molar-refractivity contribution in [3.05, 3.63) is 59.7 Å². The minimum absolute atomic E-state index is 0.487. The van der Waals surface area contributed by atoms with Gasteiger partial charge in [0.05, 0.1) is 6.61 Å². The molecule has 112 valence electrons. The summed E-state index contributed by atoms with van der Waals surface area (Å²) in [6, 6.07) is 15.9. The van der Waals surface area contributed by atoms with Crippen LogP contribution in [0, 0.1) is 0 Å². The van der Waals surface area contributed by atoms with Crippen molar-refractivity contribution in [2.75, 3.05) is 6.61 Å². The van der Waals surface area contributed by atoms with Gasteiger partial charge in [0.2, 0.25) is 0 Å². The zero-order valence-electron chi connectivity index (χ0n) is 12.9. The molecule has 0 heterocycles. The highest BCUT2D eigenvalue weighted by atomic mass is 16.5. The molecule has 0 amide bonds. The second-order valence-corrected chi connectivity index (χ2v) is 5.56. The Morgan fingerprint density at radius 1 is 0.952 bits per heavy atom. The van der Waals surface area contributed by atoms with Gasteiger partial charge in [0.15, 0.2) is 11.5 Å². The maximum absolute atomic E-state index is 6.26. The van der Waals surface area contributed by atoms with Gasteiger partial charge in [-0.15, -0.1) is 0 Å². The van der Waals surface area contributed by atoms with Crippen LogP contribution < -0.4 is 15.2 Å². The van der Waals surface area contributed by atoms with Gasteiger partial charge < -0.3 is 15.2 Å². The smallest absolute Gasteiger partial charge is 0.166 e. The molecule has 0 radical (unpaired) electrons. The van der Waals surface area contributed by atoms with Crippen LogP contribution in [-0.2, 0) is 12.1 Å². The van der Waals surface area contributed by atoms with Crippen molar-refractivity contribution in [1.82, 2.24) is 0 Å². The van der Waals surface area contributed by atoms with Gasteiger partial charge in [-0.05, 0) is 32.4 Å². The minimum Gasteiger partial charge on any atom is -0.490 e. The molecule has 2 aromatic carbocycles. The van der Waals surface area contributed by atoms with E-state index in [0.29, 0.717) is 13.2 Å². The van der Waals surface area contributed by atoms with E-state index in [1.807, 2.05) is 69.3 Å². The SMILES string of the molecule is CCOc1cccc(C(C)(C)N)c1OCc1ccccc1. The molecule has 21 heavy (non-hydrogen) atoms. The number of hydrogen-bond acceptors (Lipinski definition) is 3. The quantitative estimate of drug-likeness (QED) is 0.876. The van der Waals surface area contributed by atoms with E-state index in [4.69, 9.17) is 15.2 Å². The van der Waals surface area contributed by atoms with Gasteiger partial charge in [0.1, 0.15) is 6.61 Å². The number of nitrogens with two attached hydrogens (primary N) is 1. The zero-order valence-corrected chi connectivity index (χ0v) is 12.9. The third-order valence-electron chi connectivity index (χ3n) is 3.20. The molecule has 0 spiro atoms. The molecule has 3 nitrogen and oxygen atoms in total. The van der Waals surface area contributed by atoms with Gasteiger partial charge in [-0.1, -0.05) is 42.5 Å². The number of benzene rings is 2. The molecule has 2 aromatic rings. The first kappa shape index (κ1) is 15.4. The van der Waals surface area contributed by atoms with Crippen LogP contribution in [0.25, 0.3) is 0 Å². The largest absolute Gasteiger partial charge is 0.490 e. The maximum Gasteiger partial charge on any atom is 0.166 e. The Kier molecular flexibility index (Phi) is 4.86. The van der Waals surface area contributed by atoms with E-state index in [1.54, 1.807) is 0 Å². The van der Waals surface area contributed by atoms with E-state index in [0.717, 1.165) is 22.6 Å². The van der Waals surface area contributed by atoms with Crippen LogP contribution in [-0.4, -0.2) is 6.61 Å². The molecule has 2 N–H and O–H groups in total. The van der Waals surface area contributed by atoms with Gasteiger partial charge in [0.25, 0.3) is 0 Å². The van der Waals surface area contributed by atoms with Crippen LogP contribution in [0.5, 0.6) is 11.5 Å². The summed E-state index contributed by atoms with van der Waals surface area (Å²) in [7, 11) is 0. The average molecular weight is 285 g/mol. The van der Waals surface area contributed by atoms with E-state index in [-0.39, 0.29) is 0 Å². The highest BCUT2D eigenvalue weighted by Gasteiger charge is 2.22. The third-order valence-corrected chi connectivity index (χ3v) is 3.20. The standard InChI is InChI=1S/C18H23NO2/c1-4-20-16-12-8-11-15(18(2,3)19)17(16)21-13-14-9-6-5-7-10-14/h5-12H,4,13,19H2,1-3H3. The van der Waals surface area contributed by atoms with Gasteiger partial charge in [-0.3, -0.25) is 0 Å². The summed E-state index contributed by atoms with van der Waals surface area (Å²) in [6.45, 7) is 6.98. The van der Waals surface area contributed by atoms with Crippen LogP contribution in [0.4, 0.5) is 0 Å². The molecule has 0 aliphatic heterocycles. The second-order valence-electron chi connectivity index (χ2n) is 5.56. The van der Waals surface area contributed by atoms with Crippen molar-refractivity contribution in [2.24, 2.45) is 5.73 Å². The lowest BCUT2D eigenvalue weighted by Gasteiger charge is -2.24. The molecule has 0 unspecified atom stereocenters. The lowest BCUT2D eigenvalue weighted by molar-refractivity contribution is 0.262. The Hall–Kier alpha value is -2.00. The lowest BCUT2D eigenvalue weighted by Crippen LogP contribution is -2.29. The van der Waals surface area contributed by atoms with Crippen molar-refractivity contribution >= 4 is 0 Å². The van der Waals surface area contributed by atoms with E-state index < -0.39 is 5.54 Å². The topological polar surface area (TPSA) is 44.5 Å². The minimum atomic E-state index is -0.487. The predicted molar refractivity (Wildman–Crippen MR) is 85.6 cm³/mol. The van der Waals surface area contributed by atoms with Crippen molar-refractivity contribution in [3.8, 4) is 11.5 Å². The van der Waals surface area contributed by atoms with Crippen LogP contribution in [0.15, 0.2) is 48.5 Å². The number of hydrogen-bond donors (Lipinski definition) is 1. The molecular formula is C18H23NO2. The average Bonchev–Trinajstić information content (AvgIpc) is 2.46. The van der Waals surface area contributed by atoms with Gasteiger partial charge in [0, 0.05) is 11.1 Å². The summed E-state index contributed by atoms with van der Waals surface area (Å²) in [5.74, 6) is 1.47. The number of ether oxygens (including phenoxy) is 2. The van der Waals surface area contributed by atoms with Crippen LogP contribution in [0.3, 0.4) is 0 Å². The fourth-order valence-corrected chi connectivity index (χ4v) is 2.17.